The Morgan fingerprint density at radius 3 is 2.40 bits per heavy atom. The minimum atomic E-state index is -2.20. The molecule has 2 aromatic carbocycles. The van der Waals surface area contributed by atoms with Crippen LogP contribution < -0.4 is 0 Å². The van der Waals surface area contributed by atoms with Crippen molar-refractivity contribution in [2.45, 2.75) is 45.8 Å². The van der Waals surface area contributed by atoms with Crippen LogP contribution in [-0.2, 0) is 9.59 Å². The van der Waals surface area contributed by atoms with Gasteiger partial charge >= 0.3 is 5.97 Å². The maximum atomic E-state index is 14.6. The van der Waals surface area contributed by atoms with Crippen molar-refractivity contribution in [3.8, 4) is 11.1 Å². The fourth-order valence-corrected chi connectivity index (χ4v) is 4.35. The third kappa shape index (κ3) is 5.10. The molecule has 1 amide bonds. The molecule has 3 aromatic rings. The highest BCUT2D eigenvalue weighted by Gasteiger charge is 2.38. The van der Waals surface area contributed by atoms with Crippen LogP contribution >= 0.6 is 11.6 Å². The Hall–Kier alpha value is -3.58. The van der Waals surface area contributed by atoms with Crippen LogP contribution in [0, 0.1) is 20.8 Å². The molecule has 2 unspecified atom stereocenters. The van der Waals surface area contributed by atoms with E-state index in [0.29, 0.717) is 17.2 Å². The molecular formula is C27H25ClFN3O3. The van der Waals surface area contributed by atoms with Crippen molar-refractivity contribution in [1.29, 1.82) is 0 Å². The largest absolute Gasteiger partial charge is 0.481 e. The Morgan fingerprint density at radius 1 is 1.11 bits per heavy atom. The molecule has 1 aromatic heterocycles. The molecule has 2 atom stereocenters. The highest BCUT2D eigenvalue weighted by atomic mass is 35.5. The maximum absolute atomic E-state index is 14.6. The summed E-state index contributed by atoms with van der Waals surface area (Å²) in [4.78, 5) is 28.5. The van der Waals surface area contributed by atoms with Crippen LogP contribution in [0.25, 0.3) is 11.1 Å². The lowest BCUT2D eigenvalue weighted by Gasteiger charge is -2.23. The maximum Gasteiger partial charge on any atom is 0.306 e. The highest BCUT2D eigenvalue weighted by Crippen LogP contribution is 2.38. The number of amides is 1. The molecule has 6 nitrogen and oxygen atoms in total. The van der Waals surface area contributed by atoms with E-state index < -0.39 is 30.5 Å². The molecule has 1 aliphatic heterocycles. The third-order valence-electron chi connectivity index (χ3n) is 6.24. The zero-order valence-electron chi connectivity index (χ0n) is 19.6. The van der Waals surface area contributed by atoms with Gasteiger partial charge < -0.3 is 5.11 Å². The average Bonchev–Trinajstić information content (AvgIpc) is 3.26. The predicted molar refractivity (Wildman–Crippen MR) is 133 cm³/mol. The molecule has 2 heterocycles. The van der Waals surface area contributed by atoms with Gasteiger partial charge in [0.1, 0.15) is 0 Å². The van der Waals surface area contributed by atoms with E-state index in [4.69, 9.17) is 16.7 Å². The van der Waals surface area contributed by atoms with Crippen LogP contribution in [0.15, 0.2) is 59.8 Å². The van der Waals surface area contributed by atoms with Gasteiger partial charge in [0, 0.05) is 28.9 Å². The number of nitrogens with zero attached hydrogens (tertiary/aromatic N) is 3. The van der Waals surface area contributed by atoms with Crippen LogP contribution in [0.5, 0.6) is 0 Å². The van der Waals surface area contributed by atoms with Crippen molar-refractivity contribution < 1.29 is 19.1 Å². The number of carboxylic acid groups (broad SMARTS) is 1. The molecule has 0 radical (unpaired) electrons. The van der Waals surface area contributed by atoms with E-state index in [0.717, 1.165) is 44.1 Å². The Bertz CT molecular complexity index is 1310. The number of benzene rings is 2. The molecule has 0 spiro atoms. The Labute approximate surface area is 208 Å². The lowest BCUT2D eigenvalue weighted by atomic mass is 9.90. The minimum absolute atomic E-state index is 0.333. The fourth-order valence-electron chi connectivity index (χ4n) is 4.22. The molecule has 0 saturated carbocycles. The summed E-state index contributed by atoms with van der Waals surface area (Å²) in [6.45, 7) is 5.84. The van der Waals surface area contributed by atoms with Crippen LogP contribution in [0.4, 0.5) is 4.39 Å². The number of hydrazone groups is 1. The van der Waals surface area contributed by atoms with Gasteiger partial charge in [0.15, 0.2) is 6.17 Å². The average molecular weight is 494 g/mol. The number of carboxylic acids is 1. The van der Waals surface area contributed by atoms with E-state index in [1.54, 1.807) is 18.3 Å². The summed E-state index contributed by atoms with van der Waals surface area (Å²) < 4.78 is 14.6. The van der Waals surface area contributed by atoms with Gasteiger partial charge in [0.05, 0.1) is 18.2 Å². The summed E-state index contributed by atoms with van der Waals surface area (Å²) in [5.74, 6) is -2.36. The predicted octanol–water partition coefficient (Wildman–Crippen LogP) is 5.82. The third-order valence-corrected chi connectivity index (χ3v) is 6.49. The number of aromatic nitrogens is 1. The first kappa shape index (κ1) is 24.5. The summed E-state index contributed by atoms with van der Waals surface area (Å²) in [5.41, 5.74) is 6.78. The number of hydrogen-bond acceptors (Lipinski definition) is 4. The van der Waals surface area contributed by atoms with E-state index >= 15 is 0 Å². The van der Waals surface area contributed by atoms with Gasteiger partial charge in [-0.05, 0) is 55.2 Å². The topological polar surface area (TPSA) is 82.9 Å². The second kappa shape index (κ2) is 9.96. The molecule has 0 fully saturated rings. The number of aryl methyl sites for hydroxylation is 2. The molecule has 0 aliphatic carbocycles. The molecule has 0 bridgehead atoms. The molecule has 35 heavy (non-hydrogen) atoms. The lowest BCUT2D eigenvalue weighted by molar-refractivity contribution is -0.146. The van der Waals surface area contributed by atoms with Crippen molar-refractivity contribution >= 4 is 29.2 Å². The van der Waals surface area contributed by atoms with Gasteiger partial charge in [0.25, 0.3) is 5.91 Å². The summed E-state index contributed by atoms with van der Waals surface area (Å²) in [6.07, 6.45) is -1.06. The van der Waals surface area contributed by atoms with Gasteiger partial charge in [-0.1, -0.05) is 53.6 Å². The van der Waals surface area contributed by atoms with Crippen LogP contribution in [-0.4, -0.2) is 38.9 Å². The molecule has 0 saturated heterocycles. The smallest absolute Gasteiger partial charge is 0.306 e. The number of alkyl halides is 1. The van der Waals surface area contributed by atoms with Gasteiger partial charge in [0.2, 0.25) is 0 Å². The molecule has 1 N–H and O–H groups in total. The van der Waals surface area contributed by atoms with E-state index in [9.17, 15) is 14.0 Å². The van der Waals surface area contributed by atoms with Crippen LogP contribution in [0.3, 0.4) is 0 Å². The lowest BCUT2D eigenvalue weighted by Crippen LogP contribution is -2.35. The van der Waals surface area contributed by atoms with E-state index in [2.05, 4.69) is 10.1 Å². The van der Waals surface area contributed by atoms with E-state index in [-0.39, 0.29) is 0 Å². The normalized spacial score (nSPS) is 16.2. The summed E-state index contributed by atoms with van der Waals surface area (Å²) in [5, 5.41) is 15.2. The number of halogens is 2. The van der Waals surface area contributed by atoms with E-state index in [1.807, 2.05) is 57.2 Å². The second-order valence-electron chi connectivity index (χ2n) is 8.69. The van der Waals surface area contributed by atoms with Crippen molar-refractivity contribution in [1.82, 2.24) is 9.99 Å². The second-order valence-corrected chi connectivity index (χ2v) is 9.13. The molecule has 1 aliphatic rings. The van der Waals surface area contributed by atoms with Crippen molar-refractivity contribution in [2.24, 2.45) is 5.10 Å². The Morgan fingerprint density at radius 2 is 1.77 bits per heavy atom. The first-order chi connectivity index (χ1) is 16.7. The highest BCUT2D eigenvalue weighted by molar-refractivity contribution is 6.30. The minimum Gasteiger partial charge on any atom is -0.481 e. The van der Waals surface area contributed by atoms with Crippen LogP contribution in [0.1, 0.15) is 46.8 Å². The van der Waals surface area contributed by atoms with Gasteiger partial charge in [-0.25, -0.2) is 9.40 Å². The first-order valence-corrected chi connectivity index (χ1v) is 11.6. The molecule has 180 valence electrons. The van der Waals surface area contributed by atoms with Gasteiger partial charge in [-0.2, -0.15) is 5.10 Å². The zero-order chi connectivity index (χ0) is 25.3. The van der Waals surface area contributed by atoms with Crippen molar-refractivity contribution in [3.63, 3.8) is 0 Å². The summed E-state index contributed by atoms with van der Waals surface area (Å²) >= 11 is 6.10. The van der Waals surface area contributed by atoms with Crippen LogP contribution in [0.2, 0.25) is 5.02 Å². The fraction of sp³-hybridized carbons (Fsp3) is 0.259. The number of pyridine rings is 1. The van der Waals surface area contributed by atoms with Crippen molar-refractivity contribution in [2.75, 3.05) is 0 Å². The Kier molecular flexibility index (Phi) is 6.98. The molecule has 8 heteroatoms. The number of carbonyl (C=O) groups is 2. The standard InChI is InChI=1S/C27H25ClFN3O3/c1-15-4-6-18(7-5-15)24-13-23(31-32(24)27(35)22(29)12-25(33)34)21-14-30-17(3)16(2)26(21)19-8-10-20(28)11-9-19/h4-11,14,22,24H,12-13H2,1-3H3,(H,33,34). The Balaban J connectivity index is 1.81. The van der Waals surface area contributed by atoms with Gasteiger partial charge in [-0.3, -0.25) is 14.6 Å². The number of aliphatic carboxylic acids is 1. The van der Waals surface area contributed by atoms with Gasteiger partial charge in [-0.15, -0.1) is 0 Å². The monoisotopic (exact) mass is 493 g/mol. The zero-order valence-corrected chi connectivity index (χ0v) is 20.4. The first-order valence-electron chi connectivity index (χ1n) is 11.2. The quantitative estimate of drug-likeness (QED) is 0.469. The molecule has 4 rings (SSSR count). The number of carbonyl (C=O) groups excluding carboxylic acids is 1. The SMILES string of the molecule is Cc1ccc(C2CC(c3cnc(C)c(C)c3-c3ccc(Cl)cc3)=NN2C(=O)C(F)CC(=O)O)cc1. The van der Waals surface area contributed by atoms with E-state index in [1.165, 1.54) is 0 Å². The number of hydrogen-bond donors (Lipinski definition) is 1. The van der Waals surface area contributed by atoms with Crippen molar-refractivity contribution in [3.05, 3.63) is 87.7 Å². The number of rotatable bonds is 6. The summed E-state index contributed by atoms with van der Waals surface area (Å²) in [6, 6.07) is 14.4. The summed E-state index contributed by atoms with van der Waals surface area (Å²) in [7, 11) is 0. The molecular weight excluding hydrogens is 469 g/mol.